The van der Waals surface area contributed by atoms with Crippen LogP contribution in [0.3, 0.4) is 0 Å². The normalized spacial score (nSPS) is 27.6. The van der Waals surface area contributed by atoms with Crippen LogP contribution in [0, 0.1) is 23.2 Å². The molecule has 0 unspecified atom stereocenters. The maximum Gasteiger partial charge on any atom is 0.407 e. The minimum Gasteiger partial charge on any atom is -0.494 e. The molecule has 1 aromatic carbocycles. The number of amides is 2. The number of nitrogens with zero attached hydrogens (tertiary/aromatic N) is 1. The minimum absolute atomic E-state index is 0.0891. The van der Waals surface area contributed by atoms with Gasteiger partial charge < -0.3 is 25.2 Å². The topological polar surface area (TPSA) is 138 Å². The van der Waals surface area contributed by atoms with E-state index in [4.69, 9.17) is 9.47 Å². The Labute approximate surface area is 229 Å². The smallest absolute Gasteiger partial charge is 0.407 e. The van der Waals surface area contributed by atoms with Crippen LogP contribution < -0.4 is 20.7 Å². The van der Waals surface area contributed by atoms with E-state index in [1.54, 1.807) is 24.3 Å². The van der Waals surface area contributed by atoms with E-state index in [9.17, 15) is 19.5 Å². The molecule has 10 nitrogen and oxygen atoms in total. The van der Waals surface area contributed by atoms with Gasteiger partial charge in [0.25, 0.3) is 0 Å². The number of rotatable bonds is 11. The van der Waals surface area contributed by atoms with Crippen molar-refractivity contribution in [2.75, 3.05) is 26.3 Å². The van der Waals surface area contributed by atoms with Gasteiger partial charge in [0.05, 0.1) is 13.2 Å². The number of carbonyl (C=O) groups excluding carboxylic acids is 2. The average Bonchev–Trinajstić information content (AvgIpc) is 2.90. The van der Waals surface area contributed by atoms with Gasteiger partial charge in [-0.3, -0.25) is 15.1 Å². The molecule has 212 valence electrons. The van der Waals surface area contributed by atoms with Gasteiger partial charge in [-0.25, -0.2) is 9.59 Å². The number of aliphatic imine (C=N–C) groups is 1. The van der Waals surface area contributed by atoms with Crippen LogP contribution in [0.4, 0.5) is 4.79 Å². The van der Waals surface area contributed by atoms with Crippen LogP contribution in [-0.2, 0) is 20.7 Å². The highest BCUT2D eigenvalue weighted by Crippen LogP contribution is 2.60. The summed E-state index contributed by atoms with van der Waals surface area (Å²) in [4.78, 5) is 40.6. The zero-order valence-electron chi connectivity index (χ0n) is 22.5. The first-order valence-corrected chi connectivity index (χ1v) is 14.3. The summed E-state index contributed by atoms with van der Waals surface area (Å²) in [7, 11) is 0. The number of alkyl carbamates (subject to hydrolysis) is 1. The SMILES string of the molecule is O=C(CCCOc1ccc(C[C@H](NC(=O)OCC23CC4CC(CC(C4)C2)C3)C(=O)O)cc1)NC1=NCCCN1. The quantitative estimate of drug-likeness (QED) is 0.316. The first-order chi connectivity index (χ1) is 18.9. The second kappa shape index (κ2) is 12.3. The lowest BCUT2D eigenvalue weighted by Crippen LogP contribution is -2.49. The van der Waals surface area contributed by atoms with Gasteiger partial charge in [0.15, 0.2) is 5.96 Å². The molecule has 10 heteroatoms. The molecule has 0 radical (unpaired) electrons. The van der Waals surface area contributed by atoms with Crippen molar-refractivity contribution in [3.8, 4) is 5.75 Å². The highest BCUT2D eigenvalue weighted by molar-refractivity contribution is 5.97. The van der Waals surface area contributed by atoms with Gasteiger partial charge in [-0.1, -0.05) is 12.1 Å². The maximum absolute atomic E-state index is 12.5. The summed E-state index contributed by atoms with van der Waals surface area (Å²) in [5, 5.41) is 18.1. The number of aliphatic carboxylic acids is 1. The molecule has 0 aromatic heterocycles. The molecule has 2 amide bonds. The molecular formula is C29H40N4O6. The molecular weight excluding hydrogens is 500 g/mol. The second-order valence-electron chi connectivity index (χ2n) is 11.9. The summed E-state index contributed by atoms with van der Waals surface area (Å²) < 4.78 is 11.3. The van der Waals surface area contributed by atoms with Crippen molar-refractivity contribution in [2.24, 2.45) is 28.2 Å². The van der Waals surface area contributed by atoms with Crippen molar-refractivity contribution in [1.82, 2.24) is 16.0 Å². The first-order valence-electron chi connectivity index (χ1n) is 14.3. The zero-order chi connectivity index (χ0) is 27.2. The fraction of sp³-hybridized carbons (Fsp3) is 0.655. The lowest BCUT2D eigenvalue weighted by Gasteiger charge is -2.56. The number of nitrogens with one attached hydrogen (secondary N) is 3. The number of benzene rings is 1. The molecule has 0 saturated heterocycles. The number of ether oxygens (including phenoxy) is 2. The Hall–Kier alpha value is -3.30. The first kappa shape index (κ1) is 27.3. The van der Waals surface area contributed by atoms with E-state index in [2.05, 4.69) is 20.9 Å². The standard InChI is InChI=1S/C29H40N4O6/c34-25(33-27-30-8-2-9-31-27)3-1-10-38-23-6-4-19(5-7-23)14-24(26(35)36)32-28(37)39-18-29-15-20-11-21(16-29)13-22(12-20)17-29/h4-7,20-22,24H,1-3,8-18H2,(H,32,37)(H,35,36)(H2,30,31,33,34)/t20?,21?,22?,24-,29?/m0/s1. The molecule has 4 N–H and O–H groups in total. The van der Waals surface area contributed by atoms with Crippen molar-refractivity contribution in [3.05, 3.63) is 29.8 Å². The van der Waals surface area contributed by atoms with Gasteiger partial charge in [-0.05, 0) is 86.8 Å². The van der Waals surface area contributed by atoms with Gasteiger partial charge in [0.1, 0.15) is 11.8 Å². The van der Waals surface area contributed by atoms with Crippen molar-refractivity contribution in [2.45, 2.75) is 70.3 Å². The molecule has 4 bridgehead atoms. The van der Waals surface area contributed by atoms with Crippen molar-refractivity contribution in [1.29, 1.82) is 0 Å². The van der Waals surface area contributed by atoms with E-state index in [-0.39, 0.29) is 17.7 Å². The molecule has 1 heterocycles. The minimum atomic E-state index is -1.10. The Kier molecular flexibility index (Phi) is 8.57. The largest absolute Gasteiger partial charge is 0.494 e. The molecule has 4 saturated carbocycles. The fourth-order valence-electron chi connectivity index (χ4n) is 7.26. The number of carboxylic acid groups (broad SMARTS) is 1. The molecule has 0 spiro atoms. The van der Waals surface area contributed by atoms with E-state index in [0.29, 0.717) is 37.8 Å². The highest BCUT2D eigenvalue weighted by Gasteiger charge is 2.51. The summed E-state index contributed by atoms with van der Waals surface area (Å²) in [6, 6.07) is 6.02. The molecule has 4 fully saturated rings. The van der Waals surface area contributed by atoms with E-state index in [0.717, 1.165) is 62.1 Å². The van der Waals surface area contributed by atoms with Gasteiger partial charge in [0.2, 0.25) is 5.91 Å². The zero-order valence-corrected chi connectivity index (χ0v) is 22.5. The van der Waals surface area contributed by atoms with Crippen LogP contribution in [0.1, 0.15) is 63.4 Å². The number of hydrogen-bond acceptors (Lipinski definition) is 7. The van der Waals surface area contributed by atoms with Gasteiger partial charge in [-0.15, -0.1) is 0 Å². The third-order valence-corrected chi connectivity index (χ3v) is 8.60. The van der Waals surface area contributed by atoms with Crippen LogP contribution >= 0.6 is 0 Å². The third-order valence-electron chi connectivity index (χ3n) is 8.60. The van der Waals surface area contributed by atoms with Crippen LogP contribution in [0.15, 0.2) is 29.3 Å². The Morgan fingerprint density at radius 2 is 1.77 bits per heavy atom. The summed E-state index contributed by atoms with van der Waals surface area (Å²) in [5.41, 5.74) is 0.850. The van der Waals surface area contributed by atoms with Gasteiger partial charge in [0, 0.05) is 31.3 Å². The van der Waals surface area contributed by atoms with E-state index < -0.39 is 18.1 Å². The number of carbonyl (C=O) groups is 3. The molecule has 1 atom stereocenters. The molecule has 1 aromatic rings. The Balaban J connectivity index is 1.02. The molecule has 1 aliphatic heterocycles. The van der Waals surface area contributed by atoms with Gasteiger partial charge >= 0.3 is 12.1 Å². The van der Waals surface area contributed by atoms with Crippen LogP contribution in [0.5, 0.6) is 5.75 Å². The molecule has 6 rings (SSSR count). The van der Waals surface area contributed by atoms with Crippen LogP contribution in [-0.4, -0.2) is 61.4 Å². The van der Waals surface area contributed by atoms with E-state index >= 15 is 0 Å². The van der Waals surface area contributed by atoms with E-state index in [1.165, 1.54) is 19.3 Å². The van der Waals surface area contributed by atoms with Crippen LogP contribution in [0.25, 0.3) is 0 Å². The average molecular weight is 541 g/mol. The van der Waals surface area contributed by atoms with Crippen molar-refractivity contribution >= 4 is 23.9 Å². The van der Waals surface area contributed by atoms with Crippen LogP contribution in [0.2, 0.25) is 0 Å². The fourth-order valence-corrected chi connectivity index (χ4v) is 7.26. The highest BCUT2D eigenvalue weighted by atomic mass is 16.5. The number of guanidine groups is 1. The second-order valence-corrected chi connectivity index (χ2v) is 11.9. The number of hydrogen-bond donors (Lipinski definition) is 4. The predicted molar refractivity (Wildman–Crippen MR) is 144 cm³/mol. The monoisotopic (exact) mass is 540 g/mol. The summed E-state index contributed by atoms with van der Waals surface area (Å²) in [5.74, 6) is 2.25. The molecule has 39 heavy (non-hydrogen) atoms. The summed E-state index contributed by atoms with van der Waals surface area (Å²) in [6.07, 6.45) is 8.67. The lowest BCUT2D eigenvalue weighted by molar-refractivity contribution is -0.139. The summed E-state index contributed by atoms with van der Waals surface area (Å²) >= 11 is 0. The number of carboxylic acids is 1. The van der Waals surface area contributed by atoms with Gasteiger partial charge in [-0.2, -0.15) is 0 Å². The lowest BCUT2D eigenvalue weighted by atomic mass is 9.50. The Morgan fingerprint density at radius 1 is 1.08 bits per heavy atom. The predicted octanol–water partition coefficient (Wildman–Crippen LogP) is 3.25. The Bertz CT molecular complexity index is 1040. The van der Waals surface area contributed by atoms with E-state index in [1.807, 2.05) is 0 Å². The van der Waals surface area contributed by atoms with Crippen molar-refractivity contribution < 1.29 is 29.0 Å². The summed E-state index contributed by atoms with van der Waals surface area (Å²) in [6.45, 7) is 2.29. The maximum atomic E-state index is 12.5. The van der Waals surface area contributed by atoms with Crippen molar-refractivity contribution in [3.63, 3.8) is 0 Å². The molecule has 5 aliphatic rings. The molecule has 4 aliphatic carbocycles. The third kappa shape index (κ3) is 7.42. The Morgan fingerprint density at radius 3 is 2.38 bits per heavy atom.